The van der Waals surface area contributed by atoms with Crippen molar-refractivity contribution in [2.75, 3.05) is 13.1 Å². The second-order valence-electron chi connectivity index (χ2n) is 5.91. The van der Waals surface area contributed by atoms with Crippen LogP contribution in [0.5, 0.6) is 0 Å². The van der Waals surface area contributed by atoms with Crippen LogP contribution in [0.4, 0.5) is 0 Å². The van der Waals surface area contributed by atoms with Crippen LogP contribution in [0.15, 0.2) is 47.4 Å². The van der Waals surface area contributed by atoms with Crippen molar-refractivity contribution in [3.8, 4) is 0 Å². The van der Waals surface area contributed by atoms with Crippen LogP contribution in [-0.2, 0) is 10.0 Å². The van der Waals surface area contributed by atoms with Crippen LogP contribution in [-0.4, -0.2) is 25.8 Å². The highest BCUT2D eigenvalue weighted by atomic mass is 32.2. The SMILES string of the molecule is O=S(=O)(c1ccccc1)N1C[C@@H]2C3C=CC(C3)[C@@H]2C1. The van der Waals surface area contributed by atoms with Crippen LogP contribution in [0.2, 0.25) is 0 Å². The average molecular weight is 275 g/mol. The third-order valence-electron chi connectivity index (χ3n) is 5.01. The molecule has 3 nitrogen and oxygen atoms in total. The van der Waals surface area contributed by atoms with Gasteiger partial charge in [-0.05, 0) is 42.2 Å². The number of hydrogen-bond donors (Lipinski definition) is 0. The summed E-state index contributed by atoms with van der Waals surface area (Å²) in [5, 5.41) is 0. The van der Waals surface area contributed by atoms with Gasteiger partial charge in [0.05, 0.1) is 4.90 Å². The standard InChI is InChI=1S/C15H17NO2S/c17-19(18,13-4-2-1-3-5-13)16-9-14-11-6-7-12(8-11)15(14)10-16/h1-7,11-12,14-15H,8-10H2/t11?,12?,14-,15+. The zero-order chi connectivity index (χ0) is 13.0. The molecule has 1 aromatic rings. The normalized spacial score (nSPS) is 36.8. The Morgan fingerprint density at radius 1 is 0.947 bits per heavy atom. The highest BCUT2D eigenvalue weighted by molar-refractivity contribution is 7.89. The van der Waals surface area contributed by atoms with Gasteiger partial charge in [0.15, 0.2) is 0 Å². The van der Waals surface area contributed by atoms with E-state index in [0.29, 0.717) is 41.7 Å². The summed E-state index contributed by atoms with van der Waals surface area (Å²) in [5.41, 5.74) is 0. The van der Waals surface area contributed by atoms with Gasteiger partial charge < -0.3 is 0 Å². The molecule has 4 rings (SSSR count). The Kier molecular flexibility index (Phi) is 2.42. The Labute approximate surface area is 114 Å². The first kappa shape index (κ1) is 11.7. The van der Waals surface area contributed by atoms with Crippen LogP contribution in [0.1, 0.15) is 6.42 Å². The summed E-state index contributed by atoms with van der Waals surface area (Å²) in [7, 11) is -3.29. The third kappa shape index (κ3) is 1.63. The van der Waals surface area contributed by atoms with Gasteiger partial charge in [0.1, 0.15) is 0 Å². The molecule has 1 heterocycles. The molecule has 3 aliphatic rings. The van der Waals surface area contributed by atoms with Crippen LogP contribution in [0.3, 0.4) is 0 Å². The Morgan fingerprint density at radius 3 is 2.11 bits per heavy atom. The van der Waals surface area contributed by atoms with Crippen molar-refractivity contribution in [1.29, 1.82) is 0 Å². The molecule has 1 saturated heterocycles. The van der Waals surface area contributed by atoms with Crippen LogP contribution < -0.4 is 0 Å². The Morgan fingerprint density at radius 2 is 1.53 bits per heavy atom. The fourth-order valence-electron chi connectivity index (χ4n) is 4.05. The largest absolute Gasteiger partial charge is 0.243 e. The molecule has 0 N–H and O–H groups in total. The molecule has 2 bridgehead atoms. The maximum atomic E-state index is 12.6. The van der Waals surface area contributed by atoms with Gasteiger partial charge in [0, 0.05) is 13.1 Å². The first-order valence-corrected chi connectivity index (χ1v) is 8.34. The van der Waals surface area contributed by atoms with Gasteiger partial charge in [-0.3, -0.25) is 0 Å². The van der Waals surface area contributed by atoms with Crippen molar-refractivity contribution >= 4 is 10.0 Å². The van der Waals surface area contributed by atoms with E-state index < -0.39 is 10.0 Å². The molecule has 1 aliphatic heterocycles. The first-order valence-electron chi connectivity index (χ1n) is 6.90. The van der Waals surface area contributed by atoms with E-state index in [1.165, 1.54) is 6.42 Å². The minimum Gasteiger partial charge on any atom is -0.207 e. The van der Waals surface area contributed by atoms with E-state index in [1.807, 2.05) is 6.07 Å². The second kappa shape index (κ2) is 3.93. The molecule has 0 aromatic heterocycles. The second-order valence-corrected chi connectivity index (χ2v) is 7.85. The summed E-state index contributed by atoms with van der Waals surface area (Å²) in [6.45, 7) is 1.40. The number of hydrogen-bond acceptors (Lipinski definition) is 2. The molecule has 100 valence electrons. The quantitative estimate of drug-likeness (QED) is 0.775. The number of allylic oxidation sites excluding steroid dienone is 2. The summed E-state index contributed by atoms with van der Waals surface area (Å²) in [6, 6.07) is 8.80. The van der Waals surface area contributed by atoms with Crippen molar-refractivity contribution in [3.05, 3.63) is 42.5 Å². The summed E-state index contributed by atoms with van der Waals surface area (Å²) >= 11 is 0. The van der Waals surface area contributed by atoms with E-state index in [-0.39, 0.29) is 0 Å². The molecule has 2 aliphatic carbocycles. The Balaban J connectivity index is 1.63. The number of rotatable bonds is 2. The average Bonchev–Trinajstić information content (AvgIpc) is 3.12. The monoisotopic (exact) mass is 275 g/mol. The van der Waals surface area contributed by atoms with E-state index in [2.05, 4.69) is 12.2 Å². The first-order chi connectivity index (χ1) is 9.16. The lowest BCUT2D eigenvalue weighted by molar-refractivity contribution is 0.395. The fraction of sp³-hybridized carbons (Fsp3) is 0.467. The van der Waals surface area contributed by atoms with Gasteiger partial charge in [-0.15, -0.1) is 0 Å². The third-order valence-corrected chi connectivity index (χ3v) is 6.86. The van der Waals surface area contributed by atoms with Gasteiger partial charge >= 0.3 is 0 Å². The minimum atomic E-state index is -3.29. The fourth-order valence-corrected chi connectivity index (χ4v) is 5.59. The molecular formula is C15H17NO2S. The number of nitrogens with zero attached hydrogens (tertiary/aromatic N) is 1. The lowest BCUT2D eigenvalue weighted by Crippen LogP contribution is -2.30. The molecule has 1 saturated carbocycles. The van der Waals surface area contributed by atoms with Crippen molar-refractivity contribution in [2.45, 2.75) is 11.3 Å². The molecule has 0 amide bonds. The predicted octanol–water partition coefficient (Wildman–Crippen LogP) is 2.13. The maximum Gasteiger partial charge on any atom is 0.243 e. The van der Waals surface area contributed by atoms with E-state index in [1.54, 1.807) is 28.6 Å². The molecule has 2 unspecified atom stereocenters. The van der Waals surface area contributed by atoms with E-state index in [9.17, 15) is 8.42 Å². The van der Waals surface area contributed by atoms with Crippen LogP contribution in [0, 0.1) is 23.7 Å². The van der Waals surface area contributed by atoms with Crippen LogP contribution >= 0.6 is 0 Å². The molecule has 4 atom stereocenters. The number of fused-ring (bicyclic) bond motifs is 5. The predicted molar refractivity (Wildman–Crippen MR) is 72.9 cm³/mol. The molecule has 19 heavy (non-hydrogen) atoms. The highest BCUT2D eigenvalue weighted by Crippen LogP contribution is 2.52. The van der Waals surface area contributed by atoms with Gasteiger partial charge in [-0.25, -0.2) is 8.42 Å². The van der Waals surface area contributed by atoms with Gasteiger partial charge in [0.2, 0.25) is 10.0 Å². The zero-order valence-corrected chi connectivity index (χ0v) is 11.5. The molecule has 0 radical (unpaired) electrons. The van der Waals surface area contributed by atoms with Crippen LogP contribution in [0.25, 0.3) is 0 Å². The van der Waals surface area contributed by atoms with Crippen molar-refractivity contribution in [2.24, 2.45) is 23.7 Å². The van der Waals surface area contributed by atoms with Crippen molar-refractivity contribution in [3.63, 3.8) is 0 Å². The van der Waals surface area contributed by atoms with E-state index in [4.69, 9.17) is 0 Å². The maximum absolute atomic E-state index is 12.6. The highest BCUT2D eigenvalue weighted by Gasteiger charge is 2.51. The number of sulfonamides is 1. The number of benzene rings is 1. The zero-order valence-electron chi connectivity index (χ0n) is 10.6. The van der Waals surface area contributed by atoms with Crippen molar-refractivity contribution in [1.82, 2.24) is 4.31 Å². The smallest absolute Gasteiger partial charge is 0.207 e. The van der Waals surface area contributed by atoms with E-state index in [0.717, 1.165) is 0 Å². The molecular weight excluding hydrogens is 258 g/mol. The van der Waals surface area contributed by atoms with Crippen molar-refractivity contribution < 1.29 is 8.42 Å². The molecule has 0 spiro atoms. The molecule has 1 aromatic carbocycles. The summed E-state index contributed by atoms with van der Waals surface area (Å²) in [6.07, 6.45) is 5.84. The van der Waals surface area contributed by atoms with Gasteiger partial charge in [-0.1, -0.05) is 30.4 Å². The summed E-state index contributed by atoms with van der Waals surface area (Å²) in [5.74, 6) is 2.33. The topological polar surface area (TPSA) is 37.4 Å². The lowest BCUT2D eigenvalue weighted by atomic mass is 9.86. The van der Waals surface area contributed by atoms with E-state index >= 15 is 0 Å². The summed E-state index contributed by atoms with van der Waals surface area (Å²) < 4.78 is 26.9. The Bertz CT molecular complexity index is 603. The summed E-state index contributed by atoms with van der Waals surface area (Å²) in [4.78, 5) is 0.426. The lowest BCUT2D eigenvalue weighted by Gasteiger charge is -2.18. The Hall–Kier alpha value is -1.13. The molecule has 2 fully saturated rings. The van der Waals surface area contributed by atoms with Gasteiger partial charge in [0.25, 0.3) is 0 Å². The molecule has 4 heteroatoms. The van der Waals surface area contributed by atoms with Gasteiger partial charge in [-0.2, -0.15) is 4.31 Å². The minimum absolute atomic E-state index is 0.426.